The van der Waals surface area contributed by atoms with Crippen molar-refractivity contribution >= 4 is 33.4 Å². The Bertz CT molecular complexity index is 362. The highest BCUT2D eigenvalue weighted by Gasteiger charge is 2.14. The number of thioether (sulfide) groups is 1. The van der Waals surface area contributed by atoms with Gasteiger partial charge in [0.15, 0.2) is 0 Å². The van der Waals surface area contributed by atoms with Gasteiger partial charge in [-0.2, -0.15) is 11.8 Å². The van der Waals surface area contributed by atoms with Crippen LogP contribution < -0.4 is 10.6 Å². The van der Waals surface area contributed by atoms with Crippen molar-refractivity contribution in [1.82, 2.24) is 0 Å². The Morgan fingerprint density at radius 1 is 1.38 bits per heavy atom. The Balaban J connectivity index is 2.21. The van der Waals surface area contributed by atoms with Gasteiger partial charge in [0, 0.05) is 35.1 Å². The molecule has 0 bridgehead atoms. The normalized spacial score (nSPS) is 18.6. The molecule has 0 spiro atoms. The number of rotatable bonds is 2. The summed E-state index contributed by atoms with van der Waals surface area (Å²) in [5.74, 6) is 2.45. The third kappa shape index (κ3) is 2.73. The molecular formula is C12H17BrN2S. The number of hydrogen-bond acceptors (Lipinski definition) is 3. The fourth-order valence-electron chi connectivity index (χ4n) is 1.87. The van der Waals surface area contributed by atoms with Crippen LogP contribution in [0.1, 0.15) is 18.5 Å². The summed E-state index contributed by atoms with van der Waals surface area (Å²) in [6, 6.07) is 6.55. The molecule has 1 aliphatic rings. The molecule has 1 aromatic rings. The quantitative estimate of drug-likeness (QED) is 0.910. The second-order valence-electron chi connectivity index (χ2n) is 4.10. The van der Waals surface area contributed by atoms with Crippen molar-refractivity contribution in [3.63, 3.8) is 0 Å². The van der Waals surface area contributed by atoms with Gasteiger partial charge in [-0.1, -0.05) is 6.07 Å². The van der Waals surface area contributed by atoms with Crippen LogP contribution in [0.15, 0.2) is 22.7 Å². The average molecular weight is 301 g/mol. The summed E-state index contributed by atoms with van der Waals surface area (Å²) in [4.78, 5) is 2.44. The third-order valence-electron chi connectivity index (χ3n) is 2.85. The van der Waals surface area contributed by atoms with Crippen LogP contribution in [0, 0.1) is 0 Å². The van der Waals surface area contributed by atoms with E-state index in [-0.39, 0.29) is 6.04 Å². The Morgan fingerprint density at radius 2 is 2.06 bits per heavy atom. The number of nitrogens with two attached hydrogens (primary N) is 1. The minimum atomic E-state index is 0.0993. The lowest BCUT2D eigenvalue weighted by atomic mass is 10.1. The summed E-state index contributed by atoms with van der Waals surface area (Å²) in [7, 11) is 0. The van der Waals surface area contributed by atoms with Crippen molar-refractivity contribution in [2.24, 2.45) is 5.73 Å². The van der Waals surface area contributed by atoms with Gasteiger partial charge in [-0.3, -0.25) is 0 Å². The molecule has 2 rings (SSSR count). The summed E-state index contributed by atoms with van der Waals surface area (Å²) in [6.45, 7) is 4.29. The van der Waals surface area contributed by atoms with Crippen LogP contribution in [0.3, 0.4) is 0 Å². The molecule has 16 heavy (non-hydrogen) atoms. The maximum absolute atomic E-state index is 5.87. The molecule has 1 atom stereocenters. The summed E-state index contributed by atoms with van der Waals surface area (Å²) in [5.41, 5.74) is 8.35. The molecule has 0 radical (unpaired) electrons. The summed E-state index contributed by atoms with van der Waals surface area (Å²) in [5, 5.41) is 0. The first-order valence-electron chi connectivity index (χ1n) is 5.56. The molecule has 0 aromatic heterocycles. The summed E-state index contributed by atoms with van der Waals surface area (Å²) < 4.78 is 1.16. The smallest absolute Gasteiger partial charge is 0.0511 e. The average Bonchev–Trinajstić information content (AvgIpc) is 2.30. The molecule has 0 amide bonds. The molecule has 2 N–H and O–H groups in total. The number of nitrogens with zero attached hydrogens (tertiary/aromatic N) is 1. The van der Waals surface area contributed by atoms with Crippen molar-refractivity contribution in [2.75, 3.05) is 29.5 Å². The lowest BCUT2D eigenvalue weighted by Gasteiger charge is -2.29. The molecular weight excluding hydrogens is 284 g/mol. The highest BCUT2D eigenvalue weighted by Crippen LogP contribution is 2.30. The van der Waals surface area contributed by atoms with Gasteiger partial charge in [0.05, 0.1) is 5.69 Å². The number of hydrogen-bond donors (Lipinski definition) is 1. The molecule has 0 saturated carbocycles. The standard InChI is InChI=1S/C12H17BrN2S/c1-9(14)10-2-3-12(11(13)8-10)15-4-6-16-7-5-15/h2-3,8-9H,4-7,14H2,1H3/t9-/m0/s1. The van der Waals surface area contributed by atoms with Gasteiger partial charge in [-0.25, -0.2) is 0 Å². The number of halogens is 1. The molecule has 0 aliphatic carbocycles. The fourth-order valence-corrected chi connectivity index (χ4v) is 3.42. The minimum Gasteiger partial charge on any atom is -0.369 e. The van der Waals surface area contributed by atoms with Gasteiger partial charge >= 0.3 is 0 Å². The lowest BCUT2D eigenvalue weighted by molar-refractivity contribution is 0.813. The summed E-state index contributed by atoms with van der Waals surface area (Å²) in [6.07, 6.45) is 0. The number of benzene rings is 1. The van der Waals surface area contributed by atoms with E-state index < -0.39 is 0 Å². The highest BCUT2D eigenvalue weighted by molar-refractivity contribution is 9.10. The van der Waals surface area contributed by atoms with Crippen LogP contribution in [0.5, 0.6) is 0 Å². The zero-order valence-corrected chi connectivity index (χ0v) is 11.9. The van der Waals surface area contributed by atoms with Crippen LogP contribution in [-0.4, -0.2) is 24.6 Å². The first-order valence-corrected chi connectivity index (χ1v) is 7.51. The van der Waals surface area contributed by atoms with E-state index in [4.69, 9.17) is 5.73 Å². The SMILES string of the molecule is C[C@H](N)c1ccc(N2CCSCC2)c(Br)c1. The molecule has 4 heteroatoms. The molecule has 2 nitrogen and oxygen atoms in total. The van der Waals surface area contributed by atoms with Gasteiger partial charge in [0.25, 0.3) is 0 Å². The Labute approximate surface area is 110 Å². The Hall–Kier alpha value is -0.190. The van der Waals surface area contributed by atoms with E-state index in [1.807, 2.05) is 18.7 Å². The van der Waals surface area contributed by atoms with E-state index in [1.54, 1.807) is 0 Å². The molecule has 1 heterocycles. The first-order chi connectivity index (χ1) is 7.68. The predicted octanol–water partition coefficient (Wildman–Crippen LogP) is 3.02. The molecule has 0 unspecified atom stereocenters. The maximum atomic E-state index is 5.87. The van der Waals surface area contributed by atoms with Gasteiger partial charge in [0.2, 0.25) is 0 Å². The van der Waals surface area contributed by atoms with Gasteiger partial charge in [-0.05, 0) is 40.5 Å². The number of anilines is 1. The van der Waals surface area contributed by atoms with Crippen LogP contribution in [0.4, 0.5) is 5.69 Å². The summed E-state index contributed by atoms with van der Waals surface area (Å²) >= 11 is 5.68. The van der Waals surface area contributed by atoms with Gasteiger partial charge < -0.3 is 10.6 Å². The zero-order valence-electron chi connectivity index (χ0n) is 9.45. The predicted molar refractivity (Wildman–Crippen MR) is 76.3 cm³/mol. The topological polar surface area (TPSA) is 29.3 Å². The van der Waals surface area contributed by atoms with Crippen molar-refractivity contribution in [3.05, 3.63) is 28.2 Å². The van der Waals surface area contributed by atoms with Crippen molar-refractivity contribution < 1.29 is 0 Å². The van der Waals surface area contributed by atoms with E-state index in [0.717, 1.165) is 17.6 Å². The molecule has 1 aromatic carbocycles. The van der Waals surface area contributed by atoms with Crippen molar-refractivity contribution in [3.8, 4) is 0 Å². The highest BCUT2D eigenvalue weighted by atomic mass is 79.9. The third-order valence-corrected chi connectivity index (χ3v) is 4.43. The van der Waals surface area contributed by atoms with Gasteiger partial charge in [0.1, 0.15) is 0 Å². The van der Waals surface area contributed by atoms with Crippen LogP contribution >= 0.6 is 27.7 Å². The minimum absolute atomic E-state index is 0.0993. The van der Waals surface area contributed by atoms with Crippen LogP contribution in [0.25, 0.3) is 0 Å². The van der Waals surface area contributed by atoms with E-state index in [9.17, 15) is 0 Å². The molecule has 88 valence electrons. The first kappa shape index (κ1) is 12.3. The maximum Gasteiger partial charge on any atom is 0.0511 e. The lowest BCUT2D eigenvalue weighted by Crippen LogP contribution is -2.32. The molecule has 1 fully saturated rings. The van der Waals surface area contributed by atoms with Crippen molar-refractivity contribution in [2.45, 2.75) is 13.0 Å². The largest absolute Gasteiger partial charge is 0.369 e. The monoisotopic (exact) mass is 300 g/mol. The van der Waals surface area contributed by atoms with Crippen LogP contribution in [-0.2, 0) is 0 Å². The Morgan fingerprint density at radius 3 is 2.62 bits per heavy atom. The second kappa shape index (κ2) is 5.43. The van der Waals surface area contributed by atoms with E-state index in [0.29, 0.717) is 0 Å². The van der Waals surface area contributed by atoms with Crippen LogP contribution in [0.2, 0.25) is 0 Å². The van der Waals surface area contributed by atoms with E-state index in [2.05, 4.69) is 39.0 Å². The van der Waals surface area contributed by atoms with E-state index >= 15 is 0 Å². The zero-order chi connectivity index (χ0) is 11.5. The van der Waals surface area contributed by atoms with E-state index in [1.165, 1.54) is 22.8 Å². The van der Waals surface area contributed by atoms with Gasteiger partial charge in [-0.15, -0.1) is 0 Å². The fraction of sp³-hybridized carbons (Fsp3) is 0.500. The molecule has 1 aliphatic heterocycles. The Kier molecular flexibility index (Phi) is 4.16. The second-order valence-corrected chi connectivity index (χ2v) is 6.18. The molecule has 1 saturated heterocycles. The van der Waals surface area contributed by atoms with Crippen molar-refractivity contribution in [1.29, 1.82) is 0 Å².